The van der Waals surface area contributed by atoms with Crippen molar-refractivity contribution in [3.05, 3.63) is 53.6 Å². The molecule has 2 aromatic rings. The van der Waals surface area contributed by atoms with Gasteiger partial charge in [-0.25, -0.2) is 4.79 Å². The number of rotatable bonds is 10. The van der Waals surface area contributed by atoms with Gasteiger partial charge in [0.15, 0.2) is 18.1 Å². The molecule has 30 heavy (non-hydrogen) atoms. The highest BCUT2D eigenvalue weighted by Crippen LogP contribution is 2.28. The van der Waals surface area contributed by atoms with Gasteiger partial charge >= 0.3 is 5.97 Å². The fourth-order valence-electron chi connectivity index (χ4n) is 2.47. The Morgan fingerprint density at radius 3 is 2.17 bits per heavy atom. The molecule has 0 saturated carbocycles. The van der Waals surface area contributed by atoms with Crippen LogP contribution < -0.4 is 20.1 Å². The summed E-state index contributed by atoms with van der Waals surface area (Å²) in [4.78, 5) is 35.4. The van der Waals surface area contributed by atoms with E-state index in [9.17, 15) is 19.5 Å². The van der Waals surface area contributed by atoms with Crippen molar-refractivity contribution in [2.45, 2.75) is 6.42 Å². The number of phenolic OH excluding ortho intramolecular Hbond substituents is 1. The van der Waals surface area contributed by atoms with Gasteiger partial charge < -0.3 is 30.0 Å². The van der Waals surface area contributed by atoms with E-state index in [4.69, 9.17) is 9.47 Å². The molecule has 3 N–H and O–H groups in total. The number of nitrogens with one attached hydrogen (secondary N) is 2. The third kappa shape index (κ3) is 6.69. The van der Waals surface area contributed by atoms with Crippen molar-refractivity contribution in [1.29, 1.82) is 0 Å². The summed E-state index contributed by atoms with van der Waals surface area (Å²) in [6, 6.07) is 10.6. The van der Waals surface area contributed by atoms with Crippen molar-refractivity contribution in [3.8, 4) is 17.2 Å². The number of esters is 1. The van der Waals surface area contributed by atoms with E-state index < -0.39 is 5.97 Å². The van der Waals surface area contributed by atoms with E-state index in [2.05, 4.69) is 15.4 Å². The van der Waals surface area contributed by atoms with Gasteiger partial charge in [-0.05, 0) is 42.8 Å². The molecule has 2 aromatic carbocycles. The quantitative estimate of drug-likeness (QED) is 0.396. The predicted molar refractivity (Wildman–Crippen MR) is 108 cm³/mol. The molecule has 9 heteroatoms. The van der Waals surface area contributed by atoms with Gasteiger partial charge in [0.25, 0.3) is 11.8 Å². The summed E-state index contributed by atoms with van der Waals surface area (Å²) < 4.78 is 15.0. The summed E-state index contributed by atoms with van der Waals surface area (Å²) in [5.41, 5.74) is 0.724. The van der Waals surface area contributed by atoms with Crippen LogP contribution in [0.5, 0.6) is 17.2 Å². The van der Waals surface area contributed by atoms with E-state index in [1.807, 2.05) is 0 Å². The molecule has 2 amide bonds. The second-order valence-electron chi connectivity index (χ2n) is 6.15. The summed E-state index contributed by atoms with van der Waals surface area (Å²) in [5.74, 6) is -0.502. The second kappa shape index (κ2) is 11.3. The van der Waals surface area contributed by atoms with Gasteiger partial charge in [0, 0.05) is 24.2 Å². The van der Waals surface area contributed by atoms with Crippen molar-refractivity contribution in [2.75, 3.05) is 33.9 Å². The summed E-state index contributed by atoms with van der Waals surface area (Å²) in [6.07, 6.45) is 0.522. The van der Waals surface area contributed by atoms with Gasteiger partial charge in [-0.3, -0.25) is 9.59 Å². The Bertz CT molecular complexity index is 899. The summed E-state index contributed by atoms with van der Waals surface area (Å²) in [5, 5.41) is 14.9. The fourth-order valence-corrected chi connectivity index (χ4v) is 2.47. The van der Waals surface area contributed by atoms with Crippen LogP contribution in [0.4, 0.5) is 0 Å². The maximum Gasteiger partial charge on any atom is 0.343 e. The first-order valence-electron chi connectivity index (χ1n) is 9.17. The molecular weight excluding hydrogens is 392 g/mol. The zero-order chi connectivity index (χ0) is 21.9. The molecule has 0 aromatic heterocycles. The van der Waals surface area contributed by atoms with E-state index in [0.717, 1.165) is 0 Å². The maximum atomic E-state index is 12.3. The largest absolute Gasteiger partial charge is 0.508 e. The van der Waals surface area contributed by atoms with Gasteiger partial charge in [0.1, 0.15) is 5.75 Å². The van der Waals surface area contributed by atoms with E-state index in [-0.39, 0.29) is 24.2 Å². The zero-order valence-electron chi connectivity index (χ0n) is 16.8. The van der Waals surface area contributed by atoms with Crippen molar-refractivity contribution >= 4 is 17.8 Å². The zero-order valence-corrected chi connectivity index (χ0v) is 16.8. The lowest BCUT2D eigenvalue weighted by atomic mass is 10.2. The van der Waals surface area contributed by atoms with Crippen molar-refractivity contribution in [1.82, 2.24) is 10.6 Å². The van der Waals surface area contributed by atoms with Crippen LogP contribution in [0.25, 0.3) is 0 Å². The highest BCUT2D eigenvalue weighted by atomic mass is 16.6. The van der Waals surface area contributed by atoms with E-state index in [1.54, 1.807) is 18.2 Å². The Morgan fingerprint density at radius 1 is 0.900 bits per heavy atom. The van der Waals surface area contributed by atoms with Crippen molar-refractivity contribution < 1.29 is 33.7 Å². The van der Waals surface area contributed by atoms with Gasteiger partial charge in [-0.1, -0.05) is 6.07 Å². The first kappa shape index (κ1) is 22.5. The normalized spacial score (nSPS) is 10.1. The third-order valence-electron chi connectivity index (χ3n) is 4.03. The lowest BCUT2D eigenvalue weighted by Crippen LogP contribution is -2.29. The van der Waals surface area contributed by atoms with Crippen LogP contribution in [0.3, 0.4) is 0 Å². The molecule has 0 heterocycles. The van der Waals surface area contributed by atoms with Crippen LogP contribution in [0, 0.1) is 0 Å². The Kier molecular flexibility index (Phi) is 8.49. The summed E-state index contributed by atoms with van der Waals surface area (Å²) in [6.45, 7) is 0.438. The highest BCUT2D eigenvalue weighted by molar-refractivity contribution is 5.95. The SMILES string of the molecule is COC(=O)COc1ccc(C(=O)NCCCNC(=O)c2cccc(O)c2)cc1OC. The molecule has 160 valence electrons. The lowest BCUT2D eigenvalue weighted by molar-refractivity contribution is -0.142. The number of carbonyl (C=O) groups excluding carboxylic acids is 3. The Balaban J connectivity index is 1.79. The van der Waals surface area contributed by atoms with Crippen LogP contribution in [-0.4, -0.2) is 56.8 Å². The summed E-state index contributed by atoms with van der Waals surface area (Å²) in [7, 11) is 2.69. The first-order valence-corrected chi connectivity index (χ1v) is 9.17. The second-order valence-corrected chi connectivity index (χ2v) is 6.15. The van der Waals surface area contributed by atoms with E-state index in [0.29, 0.717) is 42.1 Å². The van der Waals surface area contributed by atoms with Gasteiger partial charge in [0.2, 0.25) is 0 Å². The molecule has 0 saturated heterocycles. The molecule has 2 rings (SSSR count). The van der Waals surface area contributed by atoms with Crippen molar-refractivity contribution in [2.24, 2.45) is 0 Å². The number of aromatic hydroxyl groups is 1. The van der Waals surface area contributed by atoms with Crippen LogP contribution in [-0.2, 0) is 9.53 Å². The smallest absolute Gasteiger partial charge is 0.343 e. The van der Waals surface area contributed by atoms with E-state index >= 15 is 0 Å². The number of hydrogen-bond acceptors (Lipinski definition) is 7. The molecule has 0 unspecified atom stereocenters. The van der Waals surface area contributed by atoms with Crippen LogP contribution in [0.15, 0.2) is 42.5 Å². The number of carbonyl (C=O) groups is 3. The van der Waals surface area contributed by atoms with Gasteiger partial charge in [0.05, 0.1) is 14.2 Å². The van der Waals surface area contributed by atoms with Crippen LogP contribution in [0.1, 0.15) is 27.1 Å². The minimum atomic E-state index is -0.532. The monoisotopic (exact) mass is 416 g/mol. The van der Waals surface area contributed by atoms with Gasteiger partial charge in [-0.2, -0.15) is 0 Å². The molecular formula is C21H24N2O7. The highest BCUT2D eigenvalue weighted by Gasteiger charge is 2.12. The van der Waals surface area contributed by atoms with Crippen LogP contribution >= 0.6 is 0 Å². The molecule has 0 atom stereocenters. The Hall–Kier alpha value is -3.75. The number of amides is 2. The number of hydrogen-bond donors (Lipinski definition) is 3. The number of ether oxygens (including phenoxy) is 3. The molecule has 0 bridgehead atoms. The topological polar surface area (TPSA) is 123 Å². The van der Waals surface area contributed by atoms with Crippen LogP contribution in [0.2, 0.25) is 0 Å². The van der Waals surface area contributed by atoms with E-state index in [1.165, 1.54) is 38.5 Å². The fraction of sp³-hybridized carbons (Fsp3) is 0.286. The molecule has 0 aliphatic carbocycles. The molecule has 0 aliphatic heterocycles. The Morgan fingerprint density at radius 2 is 1.57 bits per heavy atom. The molecule has 0 fully saturated rings. The third-order valence-corrected chi connectivity index (χ3v) is 4.03. The first-order chi connectivity index (χ1) is 14.4. The lowest BCUT2D eigenvalue weighted by Gasteiger charge is -2.12. The number of phenols is 1. The van der Waals surface area contributed by atoms with Gasteiger partial charge in [-0.15, -0.1) is 0 Å². The molecule has 0 radical (unpaired) electrons. The molecule has 0 aliphatic rings. The Labute approximate surface area is 173 Å². The van der Waals surface area contributed by atoms with Crippen molar-refractivity contribution in [3.63, 3.8) is 0 Å². The number of benzene rings is 2. The minimum absolute atomic E-state index is 0.0204. The molecule has 0 spiro atoms. The summed E-state index contributed by atoms with van der Waals surface area (Å²) >= 11 is 0. The average molecular weight is 416 g/mol. The number of methoxy groups -OCH3 is 2. The minimum Gasteiger partial charge on any atom is -0.508 e. The average Bonchev–Trinajstić information content (AvgIpc) is 2.76. The predicted octanol–water partition coefficient (Wildman–Crippen LogP) is 1.50. The maximum absolute atomic E-state index is 12.3. The molecule has 9 nitrogen and oxygen atoms in total. The standard InChI is InChI=1S/C21H24N2O7/c1-28-18-12-15(7-8-17(18)30-13-19(25)29-2)21(27)23-10-4-9-22-20(26)14-5-3-6-16(24)11-14/h3,5-8,11-12,24H,4,9-10,13H2,1-2H3,(H,22,26)(H,23,27).